The monoisotopic (exact) mass is 303 g/mol. The Labute approximate surface area is 115 Å². The number of rotatable bonds is 4. The van der Waals surface area contributed by atoms with Crippen molar-refractivity contribution < 1.29 is 14.3 Å². The number of carboxylic acids is 1. The second-order valence-electron chi connectivity index (χ2n) is 3.42. The molecule has 0 saturated heterocycles. The number of benzene rings is 1. The van der Waals surface area contributed by atoms with Crippen LogP contribution in [-0.4, -0.2) is 31.6 Å². The maximum atomic E-state index is 13.8. The fourth-order valence-electron chi connectivity index (χ4n) is 1.38. The zero-order valence-electron chi connectivity index (χ0n) is 9.26. The van der Waals surface area contributed by atoms with Crippen LogP contribution in [0.5, 0.6) is 0 Å². The Bertz CT molecular complexity index is 685. The molecule has 19 heavy (non-hydrogen) atoms. The van der Waals surface area contributed by atoms with Crippen LogP contribution < -0.4 is 5.69 Å². The number of halogens is 2. The molecular formula is C10H7ClFN3O3S. The lowest BCUT2D eigenvalue weighted by Gasteiger charge is -2.05. The molecule has 0 spiro atoms. The second kappa shape index (κ2) is 5.45. The van der Waals surface area contributed by atoms with Crippen LogP contribution in [0.2, 0.25) is 5.02 Å². The molecule has 2 aromatic rings. The van der Waals surface area contributed by atoms with Gasteiger partial charge >= 0.3 is 11.7 Å². The van der Waals surface area contributed by atoms with Crippen molar-refractivity contribution in [3.63, 3.8) is 0 Å². The summed E-state index contributed by atoms with van der Waals surface area (Å²) in [6, 6.07) is 3.80. The number of nitrogens with one attached hydrogen (secondary N) is 1. The van der Waals surface area contributed by atoms with Gasteiger partial charge in [-0.15, -0.1) is 5.10 Å². The number of thioether (sulfide) groups is 1. The van der Waals surface area contributed by atoms with Gasteiger partial charge in [0.15, 0.2) is 5.16 Å². The average molecular weight is 304 g/mol. The minimum Gasteiger partial charge on any atom is -0.481 e. The summed E-state index contributed by atoms with van der Waals surface area (Å²) in [6.07, 6.45) is 0. The Kier molecular flexibility index (Phi) is 3.91. The molecule has 0 bridgehead atoms. The van der Waals surface area contributed by atoms with Gasteiger partial charge in [0.1, 0.15) is 5.82 Å². The molecule has 1 aromatic heterocycles. The predicted molar refractivity (Wildman–Crippen MR) is 67.5 cm³/mol. The number of aromatic amines is 1. The lowest BCUT2D eigenvalue weighted by Crippen LogP contribution is -2.17. The third kappa shape index (κ3) is 2.96. The van der Waals surface area contributed by atoms with Gasteiger partial charge in [-0.25, -0.2) is 18.9 Å². The van der Waals surface area contributed by atoms with E-state index < -0.39 is 17.5 Å². The molecule has 0 radical (unpaired) electrons. The number of aromatic nitrogens is 3. The van der Waals surface area contributed by atoms with Crippen molar-refractivity contribution in [3.8, 4) is 5.69 Å². The summed E-state index contributed by atoms with van der Waals surface area (Å²) in [5, 5.41) is 14.7. The van der Waals surface area contributed by atoms with Crippen LogP contribution in [0.25, 0.3) is 5.69 Å². The number of hydrogen-bond donors (Lipinski definition) is 2. The Balaban J connectivity index is 2.46. The van der Waals surface area contributed by atoms with Crippen LogP contribution in [0.15, 0.2) is 28.2 Å². The number of H-pyrrole nitrogens is 1. The smallest absolute Gasteiger partial charge is 0.348 e. The van der Waals surface area contributed by atoms with Crippen LogP contribution in [0, 0.1) is 5.82 Å². The summed E-state index contributed by atoms with van der Waals surface area (Å²) in [5.41, 5.74) is -0.704. The maximum absolute atomic E-state index is 13.8. The zero-order valence-corrected chi connectivity index (χ0v) is 10.8. The standard InChI is InChI=1S/C10H7ClFN3O3S/c11-5-1-2-7(6(12)3-5)15-9(18)13-14-10(15)19-4-8(16)17/h1-3H,4H2,(H,13,18)(H,16,17). The molecule has 0 fully saturated rings. The molecule has 0 amide bonds. The molecule has 2 rings (SSSR count). The number of carbonyl (C=O) groups is 1. The van der Waals surface area contributed by atoms with Gasteiger partial charge < -0.3 is 5.11 Å². The first-order chi connectivity index (χ1) is 8.99. The van der Waals surface area contributed by atoms with E-state index >= 15 is 0 Å². The topological polar surface area (TPSA) is 88.0 Å². The van der Waals surface area contributed by atoms with E-state index in [2.05, 4.69) is 10.2 Å². The van der Waals surface area contributed by atoms with E-state index in [1.807, 2.05) is 0 Å². The normalized spacial score (nSPS) is 10.6. The number of carboxylic acid groups (broad SMARTS) is 1. The third-order valence-corrected chi connectivity index (χ3v) is 3.28. The summed E-state index contributed by atoms with van der Waals surface area (Å²) >= 11 is 6.43. The van der Waals surface area contributed by atoms with Crippen molar-refractivity contribution in [2.45, 2.75) is 5.16 Å². The number of nitrogens with zero attached hydrogens (tertiary/aromatic N) is 2. The molecule has 6 nitrogen and oxygen atoms in total. The van der Waals surface area contributed by atoms with Crippen LogP contribution >= 0.6 is 23.4 Å². The van der Waals surface area contributed by atoms with Crippen molar-refractivity contribution in [3.05, 3.63) is 39.5 Å². The Morgan fingerprint density at radius 1 is 1.58 bits per heavy atom. The van der Waals surface area contributed by atoms with E-state index in [1.165, 1.54) is 12.1 Å². The molecule has 100 valence electrons. The minimum atomic E-state index is -1.07. The van der Waals surface area contributed by atoms with Crippen LogP contribution in [0.1, 0.15) is 0 Å². The van der Waals surface area contributed by atoms with Gasteiger partial charge in [-0.05, 0) is 18.2 Å². The highest BCUT2D eigenvalue weighted by Crippen LogP contribution is 2.21. The van der Waals surface area contributed by atoms with Gasteiger partial charge in [0, 0.05) is 5.02 Å². The quantitative estimate of drug-likeness (QED) is 0.836. The highest BCUT2D eigenvalue weighted by Gasteiger charge is 2.15. The first-order valence-corrected chi connectivity index (χ1v) is 6.33. The molecule has 0 saturated carbocycles. The fourth-order valence-corrected chi connectivity index (χ4v) is 2.21. The molecule has 0 aliphatic carbocycles. The molecule has 9 heteroatoms. The lowest BCUT2D eigenvalue weighted by molar-refractivity contribution is -0.133. The fraction of sp³-hybridized carbons (Fsp3) is 0.100. The van der Waals surface area contributed by atoms with E-state index in [9.17, 15) is 14.0 Å². The maximum Gasteiger partial charge on any atom is 0.348 e. The van der Waals surface area contributed by atoms with E-state index in [1.54, 1.807) is 0 Å². The second-order valence-corrected chi connectivity index (χ2v) is 4.80. The molecular weight excluding hydrogens is 297 g/mol. The molecule has 2 N–H and O–H groups in total. The minimum absolute atomic E-state index is 0.0453. The first-order valence-electron chi connectivity index (χ1n) is 4.96. The van der Waals surface area contributed by atoms with E-state index in [0.717, 1.165) is 22.4 Å². The number of aliphatic carboxylic acids is 1. The molecule has 0 aliphatic rings. The summed E-state index contributed by atoms with van der Waals surface area (Å²) in [7, 11) is 0. The Hall–Kier alpha value is -1.80. The van der Waals surface area contributed by atoms with Crippen molar-refractivity contribution in [2.24, 2.45) is 0 Å². The molecule has 0 unspecified atom stereocenters. The largest absolute Gasteiger partial charge is 0.481 e. The van der Waals surface area contributed by atoms with E-state index in [0.29, 0.717) is 0 Å². The van der Waals surface area contributed by atoms with Gasteiger partial charge in [-0.3, -0.25) is 4.79 Å². The van der Waals surface area contributed by atoms with Crippen molar-refractivity contribution >= 4 is 29.3 Å². The summed E-state index contributed by atoms with van der Waals surface area (Å²) in [5.74, 6) is -2.06. The highest BCUT2D eigenvalue weighted by atomic mass is 35.5. The van der Waals surface area contributed by atoms with Gasteiger partial charge in [0.25, 0.3) is 0 Å². The summed E-state index contributed by atoms with van der Waals surface area (Å²) in [6.45, 7) is 0. The average Bonchev–Trinajstić information content (AvgIpc) is 2.68. The van der Waals surface area contributed by atoms with Crippen LogP contribution in [0.3, 0.4) is 0 Å². The first kappa shape index (κ1) is 13.6. The SMILES string of the molecule is O=C(O)CSc1n[nH]c(=O)n1-c1ccc(Cl)cc1F. The van der Waals surface area contributed by atoms with E-state index in [4.69, 9.17) is 16.7 Å². The summed E-state index contributed by atoms with van der Waals surface area (Å²) < 4.78 is 14.7. The third-order valence-electron chi connectivity index (χ3n) is 2.12. The van der Waals surface area contributed by atoms with Gasteiger partial charge in [-0.2, -0.15) is 0 Å². The number of hydrogen-bond acceptors (Lipinski definition) is 4. The predicted octanol–water partition coefficient (Wildman–Crippen LogP) is 1.53. The van der Waals surface area contributed by atoms with Crippen molar-refractivity contribution in [1.82, 2.24) is 14.8 Å². The molecule has 0 aliphatic heterocycles. The Morgan fingerprint density at radius 2 is 2.32 bits per heavy atom. The molecule has 1 aromatic carbocycles. The van der Waals surface area contributed by atoms with Crippen molar-refractivity contribution in [2.75, 3.05) is 5.75 Å². The molecule has 1 heterocycles. The van der Waals surface area contributed by atoms with Crippen LogP contribution in [-0.2, 0) is 4.79 Å². The lowest BCUT2D eigenvalue weighted by atomic mass is 10.3. The zero-order chi connectivity index (χ0) is 14.0. The van der Waals surface area contributed by atoms with Crippen LogP contribution in [0.4, 0.5) is 4.39 Å². The summed E-state index contributed by atoms with van der Waals surface area (Å²) in [4.78, 5) is 22.1. The van der Waals surface area contributed by atoms with Gasteiger partial charge in [0.2, 0.25) is 0 Å². The van der Waals surface area contributed by atoms with Crippen molar-refractivity contribution in [1.29, 1.82) is 0 Å². The van der Waals surface area contributed by atoms with Gasteiger partial charge in [0.05, 0.1) is 11.4 Å². The van der Waals surface area contributed by atoms with Gasteiger partial charge in [-0.1, -0.05) is 23.4 Å². The molecule has 0 atom stereocenters. The van der Waals surface area contributed by atoms with E-state index in [-0.39, 0.29) is 21.6 Å². The highest BCUT2D eigenvalue weighted by molar-refractivity contribution is 7.99. The Morgan fingerprint density at radius 3 is 2.95 bits per heavy atom.